The first-order valence-electron chi connectivity index (χ1n) is 5.64. The molecule has 0 unspecified atom stereocenters. The van der Waals surface area contributed by atoms with E-state index in [1.807, 2.05) is 6.92 Å². The molecule has 2 aromatic rings. The van der Waals surface area contributed by atoms with Crippen LogP contribution in [0.3, 0.4) is 0 Å². The standard InChI is InChI=1S/C11H12BrN5O2/c1-2-13-9-4-14-7(3-15-9)5-17-6-8(12)10(18)16-11(17)19/h3-4,6H,2,5H2,1H3,(H,13,15)(H,16,18,19). The second kappa shape index (κ2) is 5.79. The molecule has 19 heavy (non-hydrogen) atoms. The van der Waals surface area contributed by atoms with Gasteiger partial charge in [0.1, 0.15) is 5.82 Å². The molecule has 0 saturated heterocycles. The molecule has 0 aliphatic heterocycles. The highest BCUT2D eigenvalue weighted by Crippen LogP contribution is 2.03. The minimum atomic E-state index is -0.481. The van der Waals surface area contributed by atoms with E-state index in [-0.39, 0.29) is 6.54 Å². The Morgan fingerprint density at radius 3 is 2.79 bits per heavy atom. The van der Waals surface area contributed by atoms with Crippen LogP contribution in [-0.4, -0.2) is 26.1 Å². The summed E-state index contributed by atoms with van der Waals surface area (Å²) in [6.07, 6.45) is 4.62. The Labute approximate surface area is 116 Å². The highest BCUT2D eigenvalue weighted by molar-refractivity contribution is 9.10. The quantitative estimate of drug-likeness (QED) is 0.857. The van der Waals surface area contributed by atoms with Gasteiger partial charge >= 0.3 is 5.69 Å². The number of H-pyrrole nitrogens is 1. The van der Waals surface area contributed by atoms with Crippen LogP contribution < -0.4 is 16.6 Å². The van der Waals surface area contributed by atoms with Gasteiger partial charge in [0.25, 0.3) is 5.56 Å². The van der Waals surface area contributed by atoms with E-state index < -0.39 is 11.2 Å². The fourth-order valence-electron chi connectivity index (χ4n) is 1.48. The topological polar surface area (TPSA) is 92.7 Å². The predicted molar refractivity (Wildman–Crippen MR) is 74.3 cm³/mol. The maximum atomic E-state index is 11.6. The second-order valence-electron chi connectivity index (χ2n) is 3.79. The average molecular weight is 326 g/mol. The van der Waals surface area contributed by atoms with Gasteiger partial charge in [-0.2, -0.15) is 0 Å². The molecule has 2 heterocycles. The molecule has 100 valence electrons. The van der Waals surface area contributed by atoms with Gasteiger partial charge in [-0.15, -0.1) is 0 Å². The van der Waals surface area contributed by atoms with Crippen molar-refractivity contribution in [3.05, 3.63) is 49.6 Å². The van der Waals surface area contributed by atoms with Crippen molar-refractivity contribution in [1.82, 2.24) is 19.5 Å². The first-order valence-corrected chi connectivity index (χ1v) is 6.43. The zero-order chi connectivity index (χ0) is 13.8. The van der Waals surface area contributed by atoms with Crippen LogP contribution in [-0.2, 0) is 6.54 Å². The van der Waals surface area contributed by atoms with Crippen molar-refractivity contribution in [3.8, 4) is 0 Å². The van der Waals surface area contributed by atoms with E-state index in [0.717, 1.165) is 6.54 Å². The molecular weight excluding hydrogens is 314 g/mol. The van der Waals surface area contributed by atoms with Crippen LogP contribution in [0.4, 0.5) is 5.82 Å². The lowest BCUT2D eigenvalue weighted by molar-refractivity contribution is 0.698. The number of halogens is 1. The van der Waals surface area contributed by atoms with Crippen LogP contribution in [0.25, 0.3) is 0 Å². The minimum absolute atomic E-state index is 0.244. The maximum Gasteiger partial charge on any atom is 0.328 e. The van der Waals surface area contributed by atoms with Crippen LogP contribution in [0.2, 0.25) is 0 Å². The zero-order valence-corrected chi connectivity index (χ0v) is 11.8. The Balaban J connectivity index is 2.24. The third-order valence-electron chi connectivity index (χ3n) is 2.36. The van der Waals surface area contributed by atoms with Crippen LogP contribution in [0.1, 0.15) is 12.6 Å². The van der Waals surface area contributed by atoms with Crippen molar-refractivity contribution in [2.24, 2.45) is 0 Å². The van der Waals surface area contributed by atoms with Crippen LogP contribution in [0, 0.1) is 0 Å². The molecule has 0 saturated carbocycles. The summed E-state index contributed by atoms with van der Waals surface area (Å²) < 4.78 is 1.65. The molecule has 8 heteroatoms. The minimum Gasteiger partial charge on any atom is -0.369 e. The normalized spacial score (nSPS) is 10.4. The SMILES string of the molecule is CCNc1cnc(Cn2cc(Br)c(=O)[nH]c2=O)cn1. The Hall–Kier alpha value is -1.96. The molecule has 0 aliphatic carbocycles. The van der Waals surface area contributed by atoms with E-state index >= 15 is 0 Å². The third kappa shape index (κ3) is 3.28. The van der Waals surface area contributed by atoms with E-state index in [2.05, 4.69) is 36.2 Å². The second-order valence-corrected chi connectivity index (χ2v) is 4.64. The first kappa shape index (κ1) is 13.5. The first-order chi connectivity index (χ1) is 9.10. The van der Waals surface area contributed by atoms with Gasteiger partial charge < -0.3 is 5.32 Å². The van der Waals surface area contributed by atoms with Crippen molar-refractivity contribution in [1.29, 1.82) is 0 Å². The fourth-order valence-corrected chi connectivity index (χ4v) is 1.83. The van der Waals surface area contributed by atoms with Crippen molar-refractivity contribution >= 4 is 21.7 Å². The summed E-state index contributed by atoms with van der Waals surface area (Å²) in [6, 6.07) is 0. The zero-order valence-electron chi connectivity index (χ0n) is 10.2. The summed E-state index contributed by atoms with van der Waals surface area (Å²) in [6.45, 7) is 2.97. The van der Waals surface area contributed by atoms with Crippen molar-refractivity contribution in [2.45, 2.75) is 13.5 Å². The van der Waals surface area contributed by atoms with Gasteiger partial charge in [-0.1, -0.05) is 0 Å². The molecule has 7 nitrogen and oxygen atoms in total. The molecule has 0 radical (unpaired) electrons. The van der Waals surface area contributed by atoms with Gasteiger partial charge in [-0.3, -0.25) is 19.3 Å². The van der Waals surface area contributed by atoms with E-state index in [1.54, 1.807) is 12.4 Å². The van der Waals surface area contributed by atoms with Gasteiger partial charge in [-0.25, -0.2) is 9.78 Å². The summed E-state index contributed by atoms with van der Waals surface area (Å²) in [5, 5.41) is 3.03. The van der Waals surface area contributed by atoms with Crippen molar-refractivity contribution in [3.63, 3.8) is 0 Å². The molecule has 0 aromatic carbocycles. The lowest BCUT2D eigenvalue weighted by Gasteiger charge is -2.06. The number of nitrogens with one attached hydrogen (secondary N) is 2. The number of aromatic nitrogens is 4. The Morgan fingerprint density at radius 2 is 2.16 bits per heavy atom. The fraction of sp³-hybridized carbons (Fsp3) is 0.273. The molecule has 0 bridgehead atoms. The van der Waals surface area contributed by atoms with Crippen molar-refractivity contribution in [2.75, 3.05) is 11.9 Å². The summed E-state index contributed by atoms with van der Waals surface area (Å²) in [5.74, 6) is 0.682. The number of anilines is 1. The monoisotopic (exact) mass is 325 g/mol. The molecule has 2 N–H and O–H groups in total. The Kier molecular flexibility index (Phi) is 4.10. The molecule has 0 spiro atoms. The number of hydrogen-bond donors (Lipinski definition) is 2. The van der Waals surface area contributed by atoms with E-state index in [4.69, 9.17) is 0 Å². The number of nitrogens with zero attached hydrogens (tertiary/aromatic N) is 3. The lowest BCUT2D eigenvalue weighted by atomic mass is 10.4. The molecule has 2 aromatic heterocycles. The highest BCUT2D eigenvalue weighted by atomic mass is 79.9. The summed E-state index contributed by atoms with van der Waals surface area (Å²) in [4.78, 5) is 33.4. The van der Waals surface area contributed by atoms with Gasteiger partial charge in [0.15, 0.2) is 0 Å². The third-order valence-corrected chi connectivity index (χ3v) is 2.93. The maximum absolute atomic E-state index is 11.6. The lowest BCUT2D eigenvalue weighted by Crippen LogP contribution is -2.30. The van der Waals surface area contributed by atoms with E-state index in [9.17, 15) is 9.59 Å². The average Bonchev–Trinajstić information content (AvgIpc) is 2.38. The molecule has 2 rings (SSSR count). The summed E-state index contributed by atoms with van der Waals surface area (Å²) in [7, 11) is 0. The number of aromatic amines is 1. The van der Waals surface area contributed by atoms with Gasteiger partial charge in [0.2, 0.25) is 0 Å². The van der Waals surface area contributed by atoms with Crippen LogP contribution >= 0.6 is 15.9 Å². The van der Waals surface area contributed by atoms with E-state index in [1.165, 1.54) is 10.8 Å². The molecular formula is C11H12BrN5O2. The van der Waals surface area contributed by atoms with Crippen molar-refractivity contribution < 1.29 is 0 Å². The van der Waals surface area contributed by atoms with E-state index in [0.29, 0.717) is 16.0 Å². The number of rotatable bonds is 4. The molecule has 0 aliphatic rings. The predicted octanol–water partition coefficient (Wildman–Crippen LogP) is 0.569. The van der Waals surface area contributed by atoms with Crippen LogP contribution in [0.15, 0.2) is 32.7 Å². The van der Waals surface area contributed by atoms with Gasteiger partial charge in [-0.05, 0) is 22.9 Å². The molecule has 0 fully saturated rings. The van der Waals surface area contributed by atoms with Gasteiger partial charge in [0, 0.05) is 12.7 Å². The summed E-state index contributed by atoms with van der Waals surface area (Å²) in [5.41, 5.74) is -0.303. The Bertz CT molecular complexity index is 677. The smallest absolute Gasteiger partial charge is 0.328 e. The number of hydrogen-bond acceptors (Lipinski definition) is 5. The molecule has 0 atom stereocenters. The largest absolute Gasteiger partial charge is 0.369 e. The molecule has 0 amide bonds. The summed E-state index contributed by atoms with van der Waals surface area (Å²) >= 11 is 3.08. The highest BCUT2D eigenvalue weighted by Gasteiger charge is 2.04. The Morgan fingerprint density at radius 1 is 1.37 bits per heavy atom. The van der Waals surface area contributed by atoms with Crippen LogP contribution in [0.5, 0.6) is 0 Å². The van der Waals surface area contributed by atoms with Gasteiger partial charge in [0.05, 0.1) is 29.1 Å².